The van der Waals surface area contributed by atoms with E-state index < -0.39 is 12.1 Å². The first-order valence-corrected chi connectivity index (χ1v) is 21.3. The number of likely N-dealkylation sites (N-methyl/N-ethyl adjacent to an activating group) is 1. The second-order valence-electron chi connectivity index (χ2n) is 16.3. The molecule has 0 saturated carbocycles. The van der Waals surface area contributed by atoms with Crippen LogP contribution in [0.4, 0.5) is 4.79 Å². The smallest absolute Gasteiger partial charge is 0.405 e. The minimum absolute atomic E-state index is 0.0987. The number of nitrogens with one attached hydrogen (secondary N) is 3. The Kier molecular flexibility index (Phi) is 11.8. The van der Waals surface area contributed by atoms with Gasteiger partial charge in [-0.3, -0.25) is 14.5 Å². The van der Waals surface area contributed by atoms with Crippen LogP contribution in [0.15, 0.2) is 103 Å². The Hall–Kier alpha value is -6.27. The molecule has 6 aromatic rings. The summed E-state index contributed by atoms with van der Waals surface area (Å²) in [7, 11) is 0. The molecule has 0 spiro atoms. The summed E-state index contributed by atoms with van der Waals surface area (Å²) in [4.78, 5) is 61.6. The normalized spacial score (nSPS) is 17.8. The summed E-state index contributed by atoms with van der Waals surface area (Å²) >= 11 is 0. The second kappa shape index (κ2) is 17.5. The topological polar surface area (TPSA) is 151 Å². The number of imidazole rings is 2. The van der Waals surface area contributed by atoms with Crippen molar-refractivity contribution in [1.82, 2.24) is 40.0 Å². The summed E-state index contributed by atoms with van der Waals surface area (Å²) in [5.41, 5.74) is 7.03. The quantitative estimate of drug-likeness (QED) is 0.0910. The summed E-state index contributed by atoms with van der Waals surface area (Å²) in [5.74, 6) is 1.27. The van der Waals surface area contributed by atoms with Crippen molar-refractivity contribution in [1.29, 1.82) is 0 Å². The molecule has 4 heterocycles. The van der Waals surface area contributed by atoms with Crippen LogP contribution in [0.1, 0.15) is 88.7 Å². The zero-order valence-electron chi connectivity index (χ0n) is 34.8. The molecular weight excluding hydrogens is 753 g/mol. The number of fused-ring (bicyclic) bond motifs is 1. The summed E-state index contributed by atoms with van der Waals surface area (Å²) in [5, 5.41) is 14.0. The molecule has 0 radical (unpaired) electrons. The summed E-state index contributed by atoms with van der Waals surface area (Å²) in [6.07, 6.45) is 5.89. The third-order valence-electron chi connectivity index (χ3n) is 12.3. The fourth-order valence-electron chi connectivity index (χ4n) is 9.09. The van der Waals surface area contributed by atoms with E-state index in [1.807, 2.05) is 43.1 Å². The van der Waals surface area contributed by atoms with Gasteiger partial charge in [-0.25, -0.2) is 14.8 Å². The minimum atomic E-state index is -1.20. The standard InChI is InChI=1S/C48H54N8O4/c1-5-54(6-2)43(33-12-8-7-9-13-33)47(58)56-25-11-15-41(56)45-50-29-39(52-45)37-23-22-35-26-34(20-21-36(35)27-37)31-16-18-32(19-17-31)38-28-49-44(51-38)40-14-10-24-55(40)46(57)42(30(3)4)53-48(59)60/h7-9,12-13,16-23,26-30,40-43,53H,5-6,10-11,14-15,24-25H2,1-4H3,(H,49,51)(H,50,52)(H,59,60)/t40-,41-,42-,43?/m0/s1. The number of amides is 3. The monoisotopic (exact) mass is 806 g/mol. The van der Waals surface area contributed by atoms with Crippen molar-refractivity contribution in [3.63, 3.8) is 0 Å². The van der Waals surface area contributed by atoms with Crippen molar-refractivity contribution in [3.05, 3.63) is 121 Å². The molecule has 310 valence electrons. The molecule has 3 amide bonds. The average Bonchev–Trinajstić information content (AvgIpc) is 4.11. The van der Waals surface area contributed by atoms with Crippen molar-refractivity contribution in [2.24, 2.45) is 5.92 Å². The lowest BCUT2D eigenvalue weighted by Gasteiger charge is -2.34. The molecule has 0 aliphatic carbocycles. The third-order valence-corrected chi connectivity index (χ3v) is 12.3. The Morgan fingerprint density at radius 3 is 1.80 bits per heavy atom. The summed E-state index contributed by atoms with van der Waals surface area (Å²) in [6.45, 7) is 10.8. The number of hydrogen-bond acceptors (Lipinski definition) is 6. The van der Waals surface area contributed by atoms with Crippen LogP contribution in [-0.2, 0) is 9.59 Å². The first kappa shape index (κ1) is 40.5. The molecule has 2 aromatic heterocycles. The molecule has 4 atom stereocenters. The van der Waals surface area contributed by atoms with Gasteiger partial charge in [-0.15, -0.1) is 0 Å². The maximum Gasteiger partial charge on any atom is 0.405 e. The number of benzene rings is 4. The predicted octanol–water partition coefficient (Wildman–Crippen LogP) is 8.99. The number of carbonyl (C=O) groups is 3. The van der Waals surface area contributed by atoms with Crippen molar-refractivity contribution >= 4 is 28.7 Å². The highest BCUT2D eigenvalue weighted by Gasteiger charge is 2.39. The molecule has 60 heavy (non-hydrogen) atoms. The van der Waals surface area contributed by atoms with E-state index in [1.54, 1.807) is 11.1 Å². The number of H-pyrrole nitrogens is 2. The van der Waals surface area contributed by atoms with Crippen LogP contribution < -0.4 is 5.32 Å². The average molecular weight is 807 g/mol. The van der Waals surface area contributed by atoms with E-state index in [4.69, 9.17) is 4.98 Å². The zero-order valence-corrected chi connectivity index (χ0v) is 34.8. The number of aromatic amines is 2. The largest absolute Gasteiger partial charge is 0.465 e. The fourth-order valence-corrected chi connectivity index (χ4v) is 9.09. The number of nitrogens with zero attached hydrogens (tertiary/aromatic N) is 5. The minimum Gasteiger partial charge on any atom is -0.465 e. The van der Waals surface area contributed by atoms with Crippen molar-refractivity contribution in [3.8, 4) is 33.6 Å². The Morgan fingerprint density at radius 2 is 1.23 bits per heavy atom. The van der Waals surface area contributed by atoms with E-state index in [9.17, 15) is 19.5 Å². The maximum atomic E-state index is 14.3. The van der Waals surface area contributed by atoms with Gasteiger partial charge < -0.3 is 30.2 Å². The summed E-state index contributed by atoms with van der Waals surface area (Å²) < 4.78 is 0. The van der Waals surface area contributed by atoms with E-state index in [0.717, 1.165) is 94.6 Å². The van der Waals surface area contributed by atoms with E-state index >= 15 is 0 Å². The molecule has 12 nitrogen and oxygen atoms in total. The van der Waals surface area contributed by atoms with E-state index in [2.05, 4.69) is 112 Å². The highest BCUT2D eigenvalue weighted by atomic mass is 16.4. The Morgan fingerprint density at radius 1 is 0.717 bits per heavy atom. The van der Waals surface area contributed by atoms with E-state index in [-0.39, 0.29) is 35.9 Å². The first-order chi connectivity index (χ1) is 29.1. The van der Waals surface area contributed by atoms with Crippen LogP contribution >= 0.6 is 0 Å². The first-order valence-electron chi connectivity index (χ1n) is 21.3. The Balaban J connectivity index is 0.951. The third kappa shape index (κ3) is 8.16. The van der Waals surface area contributed by atoms with Gasteiger partial charge in [0.15, 0.2) is 0 Å². The van der Waals surface area contributed by atoms with Gasteiger partial charge in [0.2, 0.25) is 11.8 Å². The lowest BCUT2D eigenvalue weighted by molar-refractivity contribution is -0.138. The SMILES string of the molecule is CCN(CC)C(C(=O)N1CCC[C@H]1c1ncc(-c2ccc3cc(-c4ccc(-c5cnc([C@@H]6CCCN6C(=O)[C@@H](NC(=O)O)C(C)C)[nH]5)cc4)ccc3c2)[nH]1)c1ccccc1. The predicted molar refractivity (Wildman–Crippen MR) is 234 cm³/mol. The lowest BCUT2D eigenvalue weighted by atomic mass is 9.98. The van der Waals surface area contributed by atoms with Gasteiger partial charge in [0, 0.05) is 18.7 Å². The van der Waals surface area contributed by atoms with Crippen molar-refractivity contribution < 1.29 is 19.5 Å². The zero-order chi connectivity index (χ0) is 41.9. The van der Waals surface area contributed by atoms with E-state index in [0.29, 0.717) is 18.9 Å². The highest BCUT2D eigenvalue weighted by Crippen LogP contribution is 2.37. The van der Waals surface area contributed by atoms with Gasteiger partial charge >= 0.3 is 6.09 Å². The second-order valence-corrected chi connectivity index (χ2v) is 16.3. The highest BCUT2D eigenvalue weighted by molar-refractivity contribution is 5.91. The lowest BCUT2D eigenvalue weighted by Crippen LogP contribution is -2.50. The van der Waals surface area contributed by atoms with Crippen molar-refractivity contribution in [2.45, 2.75) is 77.5 Å². The Labute approximate surface area is 351 Å². The van der Waals surface area contributed by atoms with Gasteiger partial charge in [0.05, 0.1) is 35.9 Å². The molecule has 12 heteroatoms. The molecule has 8 rings (SSSR count). The molecule has 2 aliphatic rings. The molecule has 4 N–H and O–H groups in total. The van der Waals surface area contributed by atoms with Gasteiger partial charge in [0.1, 0.15) is 23.7 Å². The molecular formula is C48H54N8O4. The molecule has 4 aromatic carbocycles. The van der Waals surface area contributed by atoms with Crippen molar-refractivity contribution in [2.75, 3.05) is 26.2 Å². The van der Waals surface area contributed by atoms with Gasteiger partial charge in [-0.05, 0) is 89.8 Å². The summed E-state index contributed by atoms with van der Waals surface area (Å²) in [6, 6.07) is 30.0. The number of rotatable bonds is 13. The molecule has 2 saturated heterocycles. The number of hydrogen-bond donors (Lipinski definition) is 4. The van der Waals surface area contributed by atoms with Crippen LogP contribution in [-0.4, -0.2) is 89.9 Å². The molecule has 2 aliphatic heterocycles. The number of carboxylic acid groups (broad SMARTS) is 1. The van der Waals surface area contributed by atoms with Crippen LogP contribution in [0.3, 0.4) is 0 Å². The van der Waals surface area contributed by atoms with Crippen LogP contribution in [0.25, 0.3) is 44.4 Å². The van der Waals surface area contributed by atoms with Crippen LogP contribution in [0, 0.1) is 5.92 Å². The van der Waals surface area contributed by atoms with Crippen LogP contribution in [0.2, 0.25) is 0 Å². The fraction of sp³-hybridized carbons (Fsp3) is 0.354. The molecule has 0 bridgehead atoms. The molecule has 1 unspecified atom stereocenters. The Bertz CT molecular complexity index is 2460. The van der Waals surface area contributed by atoms with Gasteiger partial charge in [-0.2, -0.15) is 0 Å². The van der Waals surface area contributed by atoms with Crippen LogP contribution in [0.5, 0.6) is 0 Å². The van der Waals surface area contributed by atoms with E-state index in [1.165, 1.54) is 0 Å². The number of carbonyl (C=O) groups excluding carboxylic acids is 2. The number of aromatic nitrogens is 4. The van der Waals surface area contributed by atoms with Gasteiger partial charge in [0.25, 0.3) is 0 Å². The van der Waals surface area contributed by atoms with Gasteiger partial charge in [-0.1, -0.05) is 107 Å². The number of likely N-dealkylation sites (tertiary alicyclic amines) is 2. The maximum absolute atomic E-state index is 14.3. The molecule has 2 fully saturated rings.